The normalized spacial score (nSPS) is 10.5. The summed E-state index contributed by atoms with van der Waals surface area (Å²) in [5.41, 5.74) is 4.36. The Labute approximate surface area is 178 Å². The van der Waals surface area contributed by atoms with E-state index in [4.69, 9.17) is 5.26 Å². The minimum Gasteiger partial charge on any atom is -0.354 e. The maximum Gasteiger partial charge on any atom is 0.269 e. The Kier molecular flexibility index (Phi) is 5.16. The first-order valence-electron chi connectivity index (χ1n) is 9.46. The summed E-state index contributed by atoms with van der Waals surface area (Å²) in [6, 6.07) is 15.8. The van der Waals surface area contributed by atoms with Crippen LogP contribution in [0.5, 0.6) is 0 Å². The zero-order valence-electron chi connectivity index (χ0n) is 16.9. The van der Waals surface area contributed by atoms with Crippen molar-refractivity contribution in [2.24, 2.45) is 0 Å². The number of amides is 2. The molecule has 152 valence electrons. The van der Waals surface area contributed by atoms with Crippen LogP contribution in [0.1, 0.15) is 26.4 Å². The van der Waals surface area contributed by atoms with E-state index >= 15 is 0 Å². The Bertz CT molecular complexity index is 1320. The first-order chi connectivity index (χ1) is 15.0. The van der Waals surface area contributed by atoms with Gasteiger partial charge >= 0.3 is 0 Å². The van der Waals surface area contributed by atoms with Crippen molar-refractivity contribution in [3.63, 3.8) is 0 Å². The summed E-state index contributed by atoms with van der Waals surface area (Å²) in [6.45, 7) is 0. The number of carbonyl (C=O) groups is 2. The number of aromatic nitrogens is 3. The molecule has 0 aliphatic rings. The van der Waals surface area contributed by atoms with Gasteiger partial charge in [-0.3, -0.25) is 14.6 Å². The predicted octanol–water partition coefficient (Wildman–Crippen LogP) is 2.90. The Balaban J connectivity index is 1.67. The van der Waals surface area contributed by atoms with E-state index in [1.54, 1.807) is 85.7 Å². The number of carbonyl (C=O) groups excluding carboxylic acids is 2. The number of nitrogens with zero attached hydrogens (tertiary/aromatic N) is 5. The molecule has 31 heavy (non-hydrogen) atoms. The minimum atomic E-state index is -0.259. The lowest BCUT2D eigenvalue weighted by Crippen LogP contribution is -2.26. The lowest BCUT2D eigenvalue weighted by molar-refractivity contribution is 0.0956. The van der Waals surface area contributed by atoms with Crippen LogP contribution in [0.4, 0.5) is 5.69 Å². The number of hydrogen-bond donors (Lipinski definition) is 1. The first kappa shape index (κ1) is 19.8. The van der Waals surface area contributed by atoms with E-state index < -0.39 is 0 Å². The molecule has 0 bridgehead atoms. The molecule has 0 fully saturated rings. The SMILES string of the molecule is CNC(=O)c1ccc(-c2cnn3ccc(C(=O)N(C)c4ccc(C#N)cc4)cc23)cn1. The van der Waals surface area contributed by atoms with E-state index in [0.29, 0.717) is 22.5 Å². The average Bonchev–Trinajstić information content (AvgIpc) is 3.26. The number of pyridine rings is 2. The molecular formula is C23H18N6O2. The van der Waals surface area contributed by atoms with Gasteiger partial charge in [-0.05, 0) is 42.5 Å². The summed E-state index contributed by atoms with van der Waals surface area (Å²) in [4.78, 5) is 30.5. The molecule has 0 unspecified atom stereocenters. The van der Waals surface area contributed by atoms with Crippen molar-refractivity contribution in [3.05, 3.63) is 83.9 Å². The highest BCUT2D eigenvalue weighted by Crippen LogP contribution is 2.25. The molecular weight excluding hydrogens is 392 g/mol. The van der Waals surface area contributed by atoms with Gasteiger partial charge in [0.2, 0.25) is 0 Å². The van der Waals surface area contributed by atoms with Crippen molar-refractivity contribution in [2.75, 3.05) is 19.0 Å². The molecule has 0 aliphatic carbocycles. The summed E-state index contributed by atoms with van der Waals surface area (Å²) in [5.74, 6) is -0.447. The molecule has 8 nitrogen and oxygen atoms in total. The Morgan fingerprint density at radius 2 is 1.87 bits per heavy atom. The Morgan fingerprint density at radius 1 is 1.10 bits per heavy atom. The molecule has 3 heterocycles. The van der Waals surface area contributed by atoms with Gasteiger partial charge in [-0.1, -0.05) is 6.07 Å². The van der Waals surface area contributed by atoms with Crippen molar-refractivity contribution in [1.82, 2.24) is 19.9 Å². The number of anilines is 1. The molecule has 1 aromatic carbocycles. The van der Waals surface area contributed by atoms with Gasteiger partial charge in [0.25, 0.3) is 11.8 Å². The number of nitrogens with one attached hydrogen (secondary N) is 1. The topological polar surface area (TPSA) is 103 Å². The minimum absolute atomic E-state index is 0.188. The zero-order chi connectivity index (χ0) is 22.0. The fraction of sp³-hybridized carbons (Fsp3) is 0.0870. The highest BCUT2D eigenvalue weighted by molar-refractivity contribution is 6.06. The maximum atomic E-state index is 13.0. The van der Waals surface area contributed by atoms with Crippen LogP contribution >= 0.6 is 0 Å². The van der Waals surface area contributed by atoms with E-state index in [0.717, 1.165) is 16.6 Å². The van der Waals surface area contributed by atoms with E-state index in [9.17, 15) is 9.59 Å². The molecule has 0 saturated heterocycles. The second-order valence-electron chi connectivity index (χ2n) is 6.84. The van der Waals surface area contributed by atoms with E-state index in [2.05, 4.69) is 21.5 Å². The second-order valence-corrected chi connectivity index (χ2v) is 6.84. The van der Waals surface area contributed by atoms with E-state index in [1.807, 2.05) is 0 Å². The fourth-order valence-electron chi connectivity index (χ4n) is 3.22. The van der Waals surface area contributed by atoms with Crippen LogP contribution in [0.25, 0.3) is 16.6 Å². The van der Waals surface area contributed by atoms with Crippen molar-refractivity contribution >= 4 is 23.0 Å². The number of nitriles is 1. The molecule has 0 atom stereocenters. The second kappa shape index (κ2) is 8.08. The van der Waals surface area contributed by atoms with E-state index in [-0.39, 0.29) is 11.8 Å². The van der Waals surface area contributed by atoms with Crippen LogP contribution < -0.4 is 10.2 Å². The van der Waals surface area contributed by atoms with Crippen LogP contribution in [0.15, 0.2) is 67.1 Å². The van der Waals surface area contributed by atoms with Crippen LogP contribution in [0.3, 0.4) is 0 Å². The van der Waals surface area contributed by atoms with Gasteiger partial charge in [0.05, 0.1) is 23.3 Å². The predicted molar refractivity (Wildman–Crippen MR) is 116 cm³/mol. The number of benzene rings is 1. The molecule has 1 N–H and O–H groups in total. The maximum absolute atomic E-state index is 13.0. The fourth-order valence-corrected chi connectivity index (χ4v) is 3.22. The summed E-state index contributed by atoms with van der Waals surface area (Å²) < 4.78 is 1.68. The van der Waals surface area contributed by atoms with Gasteiger partial charge in [-0.15, -0.1) is 0 Å². The largest absolute Gasteiger partial charge is 0.354 e. The highest BCUT2D eigenvalue weighted by Gasteiger charge is 2.16. The first-order valence-corrected chi connectivity index (χ1v) is 9.46. The van der Waals surface area contributed by atoms with Crippen LogP contribution in [-0.2, 0) is 0 Å². The molecule has 0 radical (unpaired) electrons. The highest BCUT2D eigenvalue weighted by atomic mass is 16.2. The molecule has 4 rings (SSSR count). The van der Waals surface area contributed by atoms with E-state index in [1.165, 1.54) is 4.90 Å². The third-order valence-electron chi connectivity index (χ3n) is 4.99. The van der Waals surface area contributed by atoms with Gasteiger partial charge in [0.1, 0.15) is 5.69 Å². The third kappa shape index (κ3) is 3.72. The van der Waals surface area contributed by atoms with Crippen LogP contribution in [0.2, 0.25) is 0 Å². The van der Waals surface area contributed by atoms with Crippen molar-refractivity contribution in [1.29, 1.82) is 5.26 Å². The van der Waals surface area contributed by atoms with Crippen molar-refractivity contribution in [2.45, 2.75) is 0 Å². The molecule has 0 aliphatic heterocycles. The van der Waals surface area contributed by atoms with Crippen LogP contribution in [0, 0.1) is 11.3 Å². The summed E-state index contributed by atoms with van der Waals surface area (Å²) in [6.07, 6.45) is 5.04. The number of rotatable bonds is 4. The number of hydrogen-bond acceptors (Lipinski definition) is 5. The van der Waals surface area contributed by atoms with Gasteiger partial charge in [0.15, 0.2) is 0 Å². The molecule has 8 heteroatoms. The van der Waals surface area contributed by atoms with Gasteiger partial charge in [-0.25, -0.2) is 4.52 Å². The van der Waals surface area contributed by atoms with Gasteiger partial charge < -0.3 is 10.2 Å². The van der Waals surface area contributed by atoms with Crippen molar-refractivity contribution in [3.8, 4) is 17.2 Å². The summed E-state index contributed by atoms with van der Waals surface area (Å²) in [7, 11) is 3.24. The molecule has 4 aromatic rings. The third-order valence-corrected chi connectivity index (χ3v) is 4.99. The summed E-state index contributed by atoms with van der Waals surface area (Å²) >= 11 is 0. The van der Waals surface area contributed by atoms with Crippen LogP contribution in [-0.4, -0.2) is 40.5 Å². The van der Waals surface area contributed by atoms with Gasteiger partial charge in [0, 0.05) is 48.9 Å². The standard InChI is InChI=1S/C23H18N6O2/c1-25-22(30)20-8-5-17(13-26-20)19-14-27-29-10-9-16(11-21(19)29)23(31)28(2)18-6-3-15(12-24)4-7-18/h3-11,13-14H,1-2H3,(H,25,30). The molecule has 0 saturated carbocycles. The van der Waals surface area contributed by atoms with Crippen molar-refractivity contribution < 1.29 is 9.59 Å². The lowest BCUT2D eigenvalue weighted by Gasteiger charge is -2.17. The average molecular weight is 410 g/mol. The molecule has 3 aromatic heterocycles. The lowest BCUT2D eigenvalue weighted by atomic mass is 10.1. The number of fused-ring (bicyclic) bond motifs is 1. The molecule has 2 amide bonds. The molecule has 0 spiro atoms. The Morgan fingerprint density at radius 3 is 2.52 bits per heavy atom. The Hall–Kier alpha value is -4.51. The zero-order valence-corrected chi connectivity index (χ0v) is 16.9. The quantitative estimate of drug-likeness (QED) is 0.557. The monoisotopic (exact) mass is 410 g/mol. The smallest absolute Gasteiger partial charge is 0.269 e. The van der Waals surface area contributed by atoms with Gasteiger partial charge in [-0.2, -0.15) is 10.4 Å². The summed E-state index contributed by atoms with van der Waals surface area (Å²) in [5, 5.41) is 15.8.